The molecule has 5 rings (SSSR count). The van der Waals surface area contributed by atoms with E-state index in [1.54, 1.807) is 24.4 Å². The Morgan fingerprint density at radius 1 is 0.914 bits per heavy atom. The van der Waals surface area contributed by atoms with E-state index in [1.807, 2.05) is 25.4 Å². The van der Waals surface area contributed by atoms with Crippen LogP contribution in [0.3, 0.4) is 0 Å². The Bertz CT molecular complexity index is 1370. The van der Waals surface area contributed by atoms with Gasteiger partial charge in [-0.05, 0) is 85.2 Å². The molecule has 0 amide bonds. The molecule has 0 unspecified atom stereocenters. The minimum absolute atomic E-state index is 0.00879. The molecule has 0 aliphatic carbocycles. The number of carbonyl (C=O) groups excluding carboxylic acids is 1. The first-order valence-electron chi connectivity index (χ1n) is 11.9. The number of aromatic nitrogens is 2. The van der Waals surface area contributed by atoms with Gasteiger partial charge in [0.15, 0.2) is 5.78 Å². The summed E-state index contributed by atoms with van der Waals surface area (Å²) in [5.41, 5.74) is 7.37. The number of nitrogens with zero attached hydrogens (tertiary/aromatic N) is 2. The van der Waals surface area contributed by atoms with Gasteiger partial charge in [0.2, 0.25) is 0 Å². The summed E-state index contributed by atoms with van der Waals surface area (Å²) in [5, 5.41) is 16.6. The summed E-state index contributed by atoms with van der Waals surface area (Å²) in [6, 6.07) is 17.4. The van der Waals surface area contributed by atoms with Crippen molar-refractivity contribution >= 4 is 28.7 Å². The molecule has 0 fully saturated rings. The Morgan fingerprint density at radius 2 is 1.71 bits per heavy atom. The van der Waals surface area contributed by atoms with Crippen LogP contribution in [-0.4, -0.2) is 20.9 Å². The number of phenols is 1. The first-order valence-corrected chi connectivity index (χ1v) is 11.9. The van der Waals surface area contributed by atoms with Crippen molar-refractivity contribution in [1.29, 1.82) is 0 Å². The van der Waals surface area contributed by atoms with Gasteiger partial charge < -0.3 is 15.7 Å². The molecule has 176 valence electrons. The number of Topliss-reactive ketones (excluding diaryl/α,β-unsaturated/α-hetero) is 1. The van der Waals surface area contributed by atoms with E-state index in [-0.39, 0.29) is 11.5 Å². The summed E-state index contributed by atoms with van der Waals surface area (Å²) < 4.78 is 0. The molecule has 0 spiro atoms. The molecule has 3 N–H and O–H groups in total. The maximum absolute atomic E-state index is 13.4. The standard InChI is InChI=1S/C29H28N4O2/c1-19-6-8-23(34)18-26(19)32-25-12-15-31-29-28(25)27(35)17-22-16-21(7-9-24(22)33-29)5-3-2-4-20-10-13-30-14-11-20/h6-16,18,34H,2-5,17H2,1H3,(H2,31,32,33). The predicted octanol–water partition coefficient (Wildman–Crippen LogP) is 6.28. The maximum atomic E-state index is 13.4. The summed E-state index contributed by atoms with van der Waals surface area (Å²) >= 11 is 0. The number of aromatic hydroxyl groups is 1. The fourth-order valence-corrected chi connectivity index (χ4v) is 4.50. The zero-order valence-electron chi connectivity index (χ0n) is 19.7. The van der Waals surface area contributed by atoms with E-state index in [1.165, 1.54) is 11.1 Å². The zero-order valence-corrected chi connectivity index (χ0v) is 19.7. The van der Waals surface area contributed by atoms with Crippen LogP contribution >= 0.6 is 0 Å². The van der Waals surface area contributed by atoms with Crippen LogP contribution in [0.15, 0.2) is 73.2 Å². The summed E-state index contributed by atoms with van der Waals surface area (Å²) in [4.78, 5) is 21.9. The molecular formula is C29H28N4O2. The van der Waals surface area contributed by atoms with Gasteiger partial charge in [0.05, 0.1) is 11.3 Å². The van der Waals surface area contributed by atoms with Gasteiger partial charge >= 0.3 is 0 Å². The van der Waals surface area contributed by atoms with Crippen molar-refractivity contribution in [2.75, 3.05) is 10.6 Å². The van der Waals surface area contributed by atoms with E-state index < -0.39 is 0 Å². The normalized spacial score (nSPS) is 12.3. The van der Waals surface area contributed by atoms with E-state index in [9.17, 15) is 9.90 Å². The van der Waals surface area contributed by atoms with Gasteiger partial charge in [-0.25, -0.2) is 4.98 Å². The van der Waals surface area contributed by atoms with Crippen molar-refractivity contribution in [2.24, 2.45) is 0 Å². The van der Waals surface area contributed by atoms with E-state index >= 15 is 0 Å². The number of carbonyl (C=O) groups is 1. The van der Waals surface area contributed by atoms with Crippen LogP contribution in [0, 0.1) is 6.92 Å². The molecule has 0 saturated carbocycles. The largest absolute Gasteiger partial charge is 0.508 e. The highest BCUT2D eigenvalue weighted by Gasteiger charge is 2.24. The molecule has 35 heavy (non-hydrogen) atoms. The lowest BCUT2D eigenvalue weighted by Crippen LogP contribution is -2.08. The summed E-state index contributed by atoms with van der Waals surface area (Å²) in [6.45, 7) is 1.95. The smallest absolute Gasteiger partial charge is 0.173 e. The Labute approximate surface area is 205 Å². The highest BCUT2D eigenvalue weighted by atomic mass is 16.3. The molecule has 0 bridgehead atoms. The molecule has 4 aromatic rings. The van der Waals surface area contributed by atoms with E-state index in [0.717, 1.165) is 48.2 Å². The number of pyridine rings is 2. The number of nitrogens with one attached hydrogen (secondary N) is 2. The number of hydrogen-bond acceptors (Lipinski definition) is 6. The van der Waals surface area contributed by atoms with Crippen LogP contribution in [0.2, 0.25) is 0 Å². The molecule has 2 aromatic heterocycles. The molecule has 1 aliphatic rings. The third-order valence-electron chi connectivity index (χ3n) is 6.42. The topological polar surface area (TPSA) is 87.1 Å². The first-order chi connectivity index (χ1) is 17.1. The molecule has 0 saturated heterocycles. The van der Waals surface area contributed by atoms with Crippen LogP contribution < -0.4 is 10.6 Å². The van der Waals surface area contributed by atoms with Gasteiger partial charge in [-0.15, -0.1) is 0 Å². The Hall–Kier alpha value is -4.19. The predicted molar refractivity (Wildman–Crippen MR) is 139 cm³/mol. The van der Waals surface area contributed by atoms with E-state index in [2.05, 4.69) is 50.9 Å². The second-order valence-electron chi connectivity index (χ2n) is 8.99. The minimum atomic E-state index is 0.00879. The molecule has 6 nitrogen and oxygen atoms in total. The lowest BCUT2D eigenvalue weighted by atomic mass is 9.98. The van der Waals surface area contributed by atoms with Gasteiger partial charge in [0.25, 0.3) is 0 Å². The zero-order chi connectivity index (χ0) is 24.2. The number of ketones is 1. The van der Waals surface area contributed by atoms with Crippen molar-refractivity contribution in [3.8, 4) is 5.75 Å². The number of anilines is 4. The van der Waals surface area contributed by atoms with Crippen LogP contribution in [0.1, 0.15) is 45.5 Å². The van der Waals surface area contributed by atoms with E-state index in [4.69, 9.17) is 0 Å². The summed E-state index contributed by atoms with van der Waals surface area (Å²) in [5.74, 6) is 0.722. The monoisotopic (exact) mass is 464 g/mol. The SMILES string of the molecule is Cc1ccc(O)cc1Nc1ccnc2c1C(=O)Cc1cc(CCCCc3ccncc3)ccc1N2. The maximum Gasteiger partial charge on any atom is 0.173 e. The highest BCUT2D eigenvalue weighted by molar-refractivity contribution is 6.09. The molecule has 0 radical (unpaired) electrons. The fourth-order valence-electron chi connectivity index (χ4n) is 4.50. The van der Waals surface area contributed by atoms with Crippen molar-refractivity contribution < 1.29 is 9.90 Å². The lowest BCUT2D eigenvalue weighted by Gasteiger charge is -2.15. The minimum Gasteiger partial charge on any atom is -0.508 e. The number of fused-ring (bicyclic) bond motifs is 2. The van der Waals surface area contributed by atoms with Crippen LogP contribution in [0.5, 0.6) is 5.75 Å². The number of hydrogen-bond donors (Lipinski definition) is 3. The number of phenolic OH excluding ortho intramolecular Hbond substituents is 1. The van der Waals surface area contributed by atoms with Crippen LogP contribution in [-0.2, 0) is 19.3 Å². The molecule has 1 aliphatic heterocycles. The van der Waals surface area contributed by atoms with Gasteiger partial charge in [-0.3, -0.25) is 9.78 Å². The molecule has 2 aromatic carbocycles. The van der Waals surface area contributed by atoms with Crippen molar-refractivity contribution in [2.45, 2.75) is 39.0 Å². The number of unbranched alkanes of at least 4 members (excludes halogenated alkanes) is 1. The summed E-state index contributed by atoms with van der Waals surface area (Å²) in [6.07, 6.45) is 9.87. The molecule has 0 atom stereocenters. The van der Waals surface area contributed by atoms with Gasteiger partial charge in [-0.2, -0.15) is 0 Å². The van der Waals surface area contributed by atoms with Crippen molar-refractivity contribution in [3.05, 3.63) is 101 Å². The average molecular weight is 465 g/mol. The lowest BCUT2D eigenvalue weighted by molar-refractivity contribution is 0.0995. The second-order valence-corrected chi connectivity index (χ2v) is 8.99. The second kappa shape index (κ2) is 9.97. The van der Waals surface area contributed by atoms with Crippen LogP contribution in [0.25, 0.3) is 0 Å². The third kappa shape index (κ3) is 5.17. The Morgan fingerprint density at radius 3 is 2.54 bits per heavy atom. The van der Waals surface area contributed by atoms with Gasteiger partial charge in [0, 0.05) is 42.5 Å². The first kappa shape index (κ1) is 22.6. The molecule has 6 heteroatoms. The van der Waals surface area contributed by atoms with Crippen LogP contribution in [0.4, 0.5) is 22.9 Å². The summed E-state index contributed by atoms with van der Waals surface area (Å²) in [7, 11) is 0. The van der Waals surface area contributed by atoms with Crippen molar-refractivity contribution in [1.82, 2.24) is 9.97 Å². The van der Waals surface area contributed by atoms with Gasteiger partial charge in [0.1, 0.15) is 11.6 Å². The highest BCUT2D eigenvalue weighted by Crippen LogP contribution is 2.35. The molecule has 3 heterocycles. The van der Waals surface area contributed by atoms with E-state index in [0.29, 0.717) is 23.5 Å². The van der Waals surface area contributed by atoms with Gasteiger partial charge in [-0.1, -0.05) is 18.2 Å². The Balaban J connectivity index is 1.32. The third-order valence-corrected chi connectivity index (χ3v) is 6.42. The van der Waals surface area contributed by atoms with Crippen molar-refractivity contribution in [3.63, 3.8) is 0 Å². The Kier molecular flexibility index (Phi) is 6.44. The fraction of sp³-hybridized carbons (Fsp3) is 0.207. The number of aryl methyl sites for hydroxylation is 3. The average Bonchev–Trinajstić information content (AvgIpc) is 3.00. The number of benzene rings is 2. The number of rotatable bonds is 7. The molecular weight excluding hydrogens is 436 g/mol. The quantitative estimate of drug-likeness (QED) is 0.279.